The van der Waals surface area contributed by atoms with Crippen molar-refractivity contribution in [1.29, 1.82) is 0 Å². The van der Waals surface area contributed by atoms with Gasteiger partial charge >= 0.3 is 0 Å². The highest BCUT2D eigenvalue weighted by Crippen LogP contribution is 2.23. The standard InChI is InChI=1S/C12H16O3S/c1-4-10(13)9(2)16(14)12-8-6-5-7-11(12)15-3/h5-9H,4H2,1-3H3. The van der Waals surface area contributed by atoms with Crippen molar-refractivity contribution >= 4 is 16.6 Å². The average Bonchev–Trinajstić information content (AvgIpc) is 2.35. The highest BCUT2D eigenvalue weighted by molar-refractivity contribution is 7.86. The largest absolute Gasteiger partial charge is 0.495 e. The van der Waals surface area contributed by atoms with E-state index in [1.54, 1.807) is 32.0 Å². The van der Waals surface area contributed by atoms with Crippen LogP contribution in [0.4, 0.5) is 0 Å². The van der Waals surface area contributed by atoms with Crippen LogP contribution in [0.15, 0.2) is 29.2 Å². The summed E-state index contributed by atoms with van der Waals surface area (Å²) in [6.45, 7) is 3.46. The van der Waals surface area contributed by atoms with E-state index in [2.05, 4.69) is 0 Å². The van der Waals surface area contributed by atoms with Gasteiger partial charge in [0, 0.05) is 6.42 Å². The predicted octanol–water partition coefficient (Wildman–Crippen LogP) is 2.17. The molecular formula is C12H16O3S. The third-order valence-corrected chi connectivity index (χ3v) is 4.08. The molecule has 0 amide bonds. The number of hydrogen-bond donors (Lipinski definition) is 0. The Morgan fingerprint density at radius 3 is 2.62 bits per heavy atom. The van der Waals surface area contributed by atoms with E-state index in [0.29, 0.717) is 17.1 Å². The molecule has 0 fully saturated rings. The molecule has 1 aromatic rings. The maximum absolute atomic E-state index is 12.1. The summed E-state index contributed by atoms with van der Waals surface area (Å²) in [6, 6.07) is 7.08. The number of ketones is 1. The van der Waals surface area contributed by atoms with Gasteiger partial charge in [-0.2, -0.15) is 0 Å². The zero-order valence-corrected chi connectivity index (χ0v) is 10.5. The molecule has 0 spiro atoms. The van der Waals surface area contributed by atoms with Gasteiger partial charge in [0.25, 0.3) is 0 Å². The fraction of sp³-hybridized carbons (Fsp3) is 0.417. The average molecular weight is 240 g/mol. The van der Waals surface area contributed by atoms with Gasteiger partial charge in [-0.1, -0.05) is 19.1 Å². The highest BCUT2D eigenvalue weighted by Gasteiger charge is 2.22. The van der Waals surface area contributed by atoms with Gasteiger partial charge in [0.15, 0.2) is 0 Å². The minimum absolute atomic E-state index is 0.00393. The molecule has 0 heterocycles. The summed E-state index contributed by atoms with van der Waals surface area (Å²) in [4.78, 5) is 12.1. The zero-order chi connectivity index (χ0) is 12.1. The lowest BCUT2D eigenvalue weighted by Crippen LogP contribution is -2.22. The fourth-order valence-electron chi connectivity index (χ4n) is 1.38. The summed E-state index contributed by atoms with van der Waals surface area (Å²) in [6.07, 6.45) is 0.405. The Morgan fingerprint density at radius 2 is 2.06 bits per heavy atom. The van der Waals surface area contributed by atoms with Gasteiger partial charge in [-0.05, 0) is 19.1 Å². The van der Waals surface area contributed by atoms with Gasteiger partial charge in [0.1, 0.15) is 11.5 Å². The molecule has 4 heteroatoms. The molecule has 1 aromatic carbocycles. The monoisotopic (exact) mass is 240 g/mol. The molecule has 0 N–H and O–H groups in total. The molecule has 1 rings (SSSR count). The van der Waals surface area contributed by atoms with Gasteiger partial charge in [-0.25, -0.2) is 0 Å². The van der Waals surface area contributed by atoms with Crippen molar-refractivity contribution in [2.24, 2.45) is 0 Å². The summed E-state index contributed by atoms with van der Waals surface area (Å²) >= 11 is 0. The minimum Gasteiger partial charge on any atom is -0.495 e. The van der Waals surface area contributed by atoms with Crippen LogP contribution in [-0.2, 0) is 15.6 Å². The van der Waals surface area contributed by atoms with Gasteiger partial charge in [0.05, 0.1) is 28.1 Å². The number of Topliss-reactive ketones (excluding diaryl/α,β-unsaturated/α-hetero) is 1. The lowest BCUT2D eigenvalue weighted by Gasteiger charge is -2.12. The molecule has 0 saturated heterocycles. The van der Waals surface area contributed by atoms with Crippen LogP contribution >= 0.6 is 0 Å². The molecule has 0 bridgehead atoms. The van der Waals surface area contributed by atoms with E-state index >= 15 is 0 Å². The fourth-order valence-corrected chi connectivity index (χ4v) is 2.73. The second-order valence-corrected chi connectivity index (χ2v) is 5.15. The molecule has 0 aliphatic carbocycles. The van der Waals surface area contributed by atoms with Crippen LogP contribution in [0.1, 0.15) is 20.3 Å². The van der Waals surface area contributed by atoms with Crippen molar-refractivity contribution in [3.8, 4) is 5.75 Å². The molecule has 0 aromatic heterocycles. The number of benzene rings is 1. The Balaban J connectivity index is 3.00. The zero-order valence-electron chi connectivity index (χ0n) is 9.73. The molecule has 0 aliphatic rings. The molecule has 0 saturated carbocycles. The Morgan fingerprint density at radius 1 is 1.44 bits per heavy atom. The summed E-state index contributed by atoms with van der Waals surface area (Å²) in [5, 5.41) is -0.485. The molecule has 88 valence electrons. The summed E-state index contributed by atoms with van der Waals surface area (Å²) in [5.74, 6) is 0.570. The van der Waals surface area contributed by atoms with E-state index in [-0.39, 0.29) is 5.78 Å². The second-order valence-electron chi connectivity index (χ2n) is 3.41. The van der Waals surface area contributed by atoms with Crippen LogP contribution in [0.2, 0.25) is 0 Å². The van der Waals surface area contributed by atoms with Gasteiger partial charge in [-0.15, -0.1) is 0 Å². The quantitative estimate of drug-likeness (QED) is 0.792. The van der Waals surface area contributed by atoms with Gasteiger partial charge in [0.2, 0.25) is 0 Å². The lowest BCUT2D eigenvalue weighted by molar-refractivity contribution is -0.118. The van der Waals surface area contributed by atoms with E-state index in [4.69, 9.17) is 4.74 Å². The number of rotatable bonds is 5. The van der Waals surface area contributed by atoms with Crippen LogP contribution in [0.25, 0.3) is 0 Å². The minimum atomic E-state index is -1.34. The topological polar surface area (TPSA) is 43.4 Å². The van der Waals surface area contributed by atoms with Crippen molar-refractivity contribution in [2.75, 3.05) is 7.11 Å². The molecule has 16 heavy (non-hydrogen) atoms. The summed E-state index contributed by atoms with van der Waals surface area (Å²) < 4.78 is 17.3. The first-order chi connectivity index (χ1) is 7.61. The SMILES string of the molecule is CCC(=O)C(C)S(=O)c1ccccc1OC. The summed E-state index contributed by atoms with van der Waals surface area (Å²) in [5.41, 5.74) is 0. The van der Waals surface area contributed by atoms with E-state index in [1.807, 2.05) is 6.07 Å². The van der Waals surface area contributed by atoms with Crippen molar-refractivity contribution in [1.82, 2.24) is 0 Å². The normalized spacial score (nSPS) is 14.2. The Bertz CT molecular complexity index is 401. The molecule has 0 aliphatic heterocycles. The number of carbonyl (C=O) groups is 1. The first-order valence-corrected chi connectivity index (χ1v) is 6.39. The number of para-hydroxylation sites is 1. The smallest absolute Gasteiger partial charge is 0.148 e. The van der Waals surface area contributed by atoms with Crippen LogP contribution < -0.4 is 4.74 Å². The van der Waals surface area contributed by atoms with Crippen LogP contribution in [0.5, 0.6) is 5.75 Å². The van der Waals surface area contributed by atoms with Crippen molar-refractivity contribution in [3.05, 3.63) is 24.3 Å². The first-order valence-electron chi connectivity index (χ1n) is 5.18. The molecule has 3 nitrogen and oxygen atoms in total. The van der Waals surface area contributed by atoms with Crippen molar-refractivity contribution in [3.63, 3.8) is 0 Å². The number of methoxy groups -OCH3 is 1. The maximum Gasteiger partial charge on any atom is 0.148 e. The summed E-state index contributed by atoms with van der Waals surface area (Å²) in [7, 11) is 0.186. The van der Waals surface area contributed by atoms with Crippen LogP contribution in [0.3, 0.4) is 0 Å². The number of hydrogen-bond acceptors (Lipinski definition) is 3. The van der Waals surface area contributed by atoms with Crippen molar-refractivity contribution in [2.45, 2.75) is 30.4 Å². The van der Waals surface area contributed by atoms with E-state index < -0.39 is 16.0 Å². The maximum atomic E-state index is 12.1. The second kappa shape index (κ2) is 5.80. The van der Waals surface area contributed by atoms with Gasteiger partial charge < -0.3 is 4.74 Å². The van der Waals surface area contributed by atoms with Crippen LogP contribution in [-0.4, -0.2) is 22.4 Å². The highest BCUT2D eigenvalue weighted by atomic mass is 32.2. The third-order valence-electron chi connectivity index (χ3n) is 2.41. The predicted molar refractivity (Wildman–Crippen MR) is 64.2 cm³/mol. The number of ether oxygens (including phenoxy) is 1. The molecular weight excluding hydrogens is 224 g/mol. The lowest BCUT2D eigenvalue weighted by atomic mass is 10.2. The van der Waals surface area contributed by atoms with Crippen LogP contribution in [0, 0.1) is 0 Å². The molecule has 0 radical (unpaired) electrons. The Kier molecular flexibility index (Phi) is 4.68. The molecule has 2 atom stereocenters. The first kappa shape index (κ1) is 12.9. The van der Waals surface area contributed by atoms with E-state index in [1.165, 1.54) is 7.11 Å². The Labute approximate surface area is 98.3 Å². The van der Waals surface area contributed by atoms with Crippen molar-refractivity contribution < 1.29 is 13.7 Å². The van der Waals surface area contributed by atoms with Gasteiger partial charge in [-0.3, -0.25) is 9.00 Å². The third kappa shape index (κ3) is 2.70. The van der Waals surface area contributed by atoms with E-state index in [0.717, 1.165) is 0 Å². The number of carbonyl (C=O) groups excluding carboxylic acids is 1. The Hall–Kier alpha value is -1.16. The van der Waals surface area contributed by atoms with E-state index in [9.17, 15) is 9.00 Å². The molecule has 2 unspecified atom stereocenters.